The van der Waals surface area contributed by atoms with Gasteiger partial charge in [-0.3, -0.25) is 9.69 Å². The van der Waals surface area contributed by atoms with E-state index < -0.39 is 10.0 Å². The van der Waals surface area contributed by atoms with Crippen molar-refractivity contribution < 1.29 is 27.4 Å². The molecule has 0 unspecified atom stereocenters. The van der Waals surface area contributed by atoms with Crippen LogP contribution in [0.3, 0.4) is 0 Å². The number of hydrogen-bond donors (Lipinski definition) is 1. The molecule has 0 spiro atoms. The number of rotatable bonds is 5. The van der Waals surface area contributed by atoms with Crippen molar-refractivity contribution in [3.05, 3.63) is 18.2 Å². The van der Waals surface area contributed by atoms with Gasteiger partial charge in [0.25, 0.3) is 0 Å². The molecule has 0 radical (unpaired) electrons. The highest BCUT2D eigenvalue weighted by atomic mass is 32.2. The highest BCUT2D eigenvalue weighted by molar-refractivity contribution is 7.89. The van der Waals surface area contributed by atoms with Crippen LogP contribution in [0, 0.1) is 0 Å². The van der Waals surface area contributed by atoms with Gasteiger partial charge in [-0.2, -0.15) is 0 Å². The lowest BCUT2D eigenvalue weighted by atomic mass is 10.1. The van der Waals surface area contributed by atoms with Gasteiger partial charge in [0.2, 0.25) is 15.9 Å². The fourth-order valence-corrected chi connectivity index (χ4v) is 5.26. The lowest BCUT2D eigenvalue weighted by molar-refractivity contribution is -0.134. The van der Waals surface area contributed by atoms with E-state index in [1.807, 2.05) is 0 Å². The van der Waals surface area contributed by atoms with Crippen LogP contribution in [-0.2, 0) is 19.6 Å². The molecule has 2 fully saturated rings. The molecule has 1 N–H and O–H groups in total. The lowest BCUT2D eigenvalue weighted by Crippen LogP contribution is -2.47. The molecule has 0 bridgehead atoms. The molecule has 160 valence electrons. The highest BCUT2D eigenvalue weighted by Crippen LogP contribution is 2.32. The molecule has 3 heterocycles. The van der Waals surface area contributed by atoms with Crippen LogP contribution in [0.25, 0.3) is 0 Å². The van der Waals surface area contributed by atoms with Gasteiger partial charge in [0, 0.05) is 45.3 Å². The first-order valence-electron chi connectivity index (χ1n) is 9.79. The zero-order valence-electron chi connectivity index (χ0n) is 16.7. The molecule has 0 aromatic heterocycles. The van der Waals surface area contributed by atoms with E-state index in [2.05, 4.69) is 9.62 Å². The van der Waals surface area contributed by atoms with Crippen molar-refractivity contribution >= 4 is 15.9 Å². The summed E-state index contributed by atoms with van der Waals surface area (Å²) >= 11 is 0. The predicted molar refractivity (Wildman–Crippen MR) is 105 cm³/mol. The number of sulfonamides is 1. The standard InChI is InChI=1S/C19H27N3O6S/c1-21(2)19(23)8-15-11-22-10-13(7-14(22)12-28-15)20-29(24,25)16-3-4-17-18(9-16)27-6-5-26-17/h3-4,9,13-15,20H,5-8,10-12H2,1-2H3/t13-,14+,15+/m1/s1. The van der Waals surface area contributed by atoms with E-state index >= 15 is 0 Å². The second-order valence-electron chi connectivity index (χ2n) is 7.91. The van der Waals surface area contributed by atoms with Gasteiger partial charge in [-0.1, -0.05) is 0 Å². The summed E-state index contributed by atoms with van der Waals surface area (Å²) in [5, 5.41) is 0. The average molecular weight is 426 g/mol. The molecular formula is C19H27N3O6S. The Balaban J connectivity index is 1.38. The van der Waals surface area contributed by atoms with E-state index in [9.17, 15) is 13.2 Å². The van der Waals surface area contributed by atoms with Crippen LogP contribution in [0.15, 0.2) is 23.1 Å². The van der Waals surface area contributed by atoms with Crippen molar-refractivity contribution in [1.82, 2.24) is 14.5 Å². The third-order valence-corrected chi connectivity index (χ3v) is 7.06. The van der Waals surface area contributed by atoms with Gasteiger partial charge in [0.1, 0.15) is 13.2 Å². The number of nitrogens with zero attached hydrogens (tertiary/aromatic N) is 2. The van der Waals surface area contributed by atoms with Crippen LogP contribution in [0.1, 0.15) is 12.8 Å². The lowest BCUT2D eigenvalue weighted by Gasteiger charge is -2.35. The van der Waals surface area contributed by atoms with E-state index in [1.54, 1.807) is 25.1 Å². The maximum atomic E-state index is 12.9. The topological polar surface area (TPSA) is 97.4 Å². The summed E-state index contributed by atoms with van der Waals surface area (Å²) in [4.78, 5) is 15.9. The van der Waals surface area contributed by atoms with Crippen molar-refractivity contribution in [2.45, 2.75) is 35.9 Å². The van der Waals surface area contributed by atoms with Crippen LogP contribution < -0.4 is 14.2 Å². The van der Waals surface area contributed by atoms with Gasteiger partial charge < -0.3 is 19.1 Å². The normalized spacial score (nSPS) is 26.8. The minimum absolute atomic E-state index is 0.0310. The van der Waals surface area contributed by atoms with Crippen molar-refractivity contribution in [2.75, 3.05) is 47.0 Å². The molecule has 9 nitrogen and oxygen atoms in total. The molecule has 2 saturated heterocycles. The number of nitrogens with one attached hydrogen (secondary N) is 1. The predicted octanol–water partition coefficient (Wildman–Crippen LogP) is 0.0561. The maximum absolute atomic E-state index is 12.9. The molecule has 1 aromatic rings. The Morgan fingerprint density at radius 2 is 1.97 bits per heavy atom. The number of carbonyl (C=O) groups excluding carboxylic acids is 1. The number of fused-ring (bicyclic) bond motifs is 2. The zero-order valence-corrected chi connectivity index (χ0v) is 17.5. The van der Waals surface area contributed by atoms with Crippen molar-refractivity contribution in [3.8, 4) is 11.5 Å². The van der Waals surface area contributed by atoms with E-state index in [0.717, 1.165) is 0 Å². The molecule has 3 atom stereocenters. The molecule has 1 amide bonds. The third-order valence-electron chi connectivity index (χ3n) is 5.54. The quantitative estimate of drug-likeness (QED) is 0.712. The van der Waals surface area contributed by atoms with Gasteiger partial charge in [0.15, 0.2) is 11.5 Å². The van der Waals surface area contributed by atoms with Crippen molar-refractivity contribution in [3.63, 3.8) is 0 Å². The Labute approximate surface area is 170 Å². The number of morpholine rings is 1. The molecule has 1 aromatic carbocycles. The highest BCUT2D eigenvalue weighted by Gasteiger charge is 2.39. The molecule has 3 aliphatic rings. The van der Waals surface area contributed by atoms with Crippen LogP contribution in [0.5, 0.6) is 11.5 Å². The van der Waals surface area contributed by atoms with Gasteiger partial charge >= 0.3 is 0 Å². The Hall–Kier alpha value is -1.88. The van der Waals surface area contributed by atoms with Gasteiger partial charge in [-0.15, -0.1) is 0 Å². The first kappa shape index (κ1) is 20.4. The van der Waals surface area contributed by atoms with E-state index in [-0.39, 0.29) is 29.0 Å². The number of carbonyl (C=O) groups is 1. The van der Waals surface area contributed by atoms with Gasteiger partial charge in [0.05, 0.1) is 24.0 Å². The van der Waals surface area contributed by atoms with Gasteiger partial charge in [-0.05, 0) is 18.6 Å². The maximum Gasteiger partial charge on any atom is 0.241 e. The van der Waals surface area contributed by atoms with Crippen molar-refractivity contribution in [1.29, 1.82) is 0 Å². The smallest absolute Gasteiger partial charge is 0.241 e. The zero-order chi connectivity index (χ0) is 20.6. The second kappa shape index (κ2) is 8.10. The van der Waals surface area contributed by atoms with E-state index in [0.29, 0.717) is 57.3 Å². The Morgan fingerprint density at radius 3 is 2.72 bits per heavy atom. The summed E-state index contributed by atoms with van der Waals surface area (Å²) < 4.78 is 45.3. The molecular weight excluding hydrogens is 398 g/mol. The summed E-state index contributed by atoms with van der Waals surface area (Å²) in [5.74, 6) is 1.04. The van der Waals surface area contributed by atoms with E-state index in [4.69, 9.17) is 14.2 Å². The number of hydrogen-bond acceptors (Lipinski definition) is 7. The SMILES string of the molecule is CN(C)C(=O)C[C@H]1CN2C[C@H](NS(=O)(=O)c3ccc4c(c3)OCCO4)C[C@H]2CO1. The summed E-state index contributed by atoms with van der Waals surface area (Å²) in [6, 6.07) is 4.62. The molecule has 4 rings (SSSR count). The van der Waals surface area contributed by atoms with Gasteiger partial charge in [-0.25, -0.2) is 13.1 Å². The van der Waals surface area contributed by atoms with Crippen molar-refractivity contribution in [2.24, 2.45) is 0 Å². The van der Waals surface area contributed by atoms with Crippen LogP contribution in [-0.4, -0.2) is 89.3 Å². The summed E-state index contributed by atoms with van der Waals surface area (Å²) in [6.45, 7) is 2.60. The first-order chi connectivity index (χ1) is 13.8. The summed E-state index contributed by atoms with van der Waals surface area (Å²) in [6.07, 6.45) is 0.858. The fourth-order valence-electron chi connectivity index (χ4n) is 4.01. The Kier molecular flexibility index (Phi) is 5.69. The number of amides is 1. The monoisotopic (exact) mass is 425 g/mol. The summed E-state index contributed by atoms with van der Waals surface area (Å²) in [7, 11) is -0.220. The molecule has 29 heavy (non-hydrogen) atoms. The van der Waals surface area contributed by atoms with Crippen LogP contribution in [0.4, 0.5) is 0 Å². The average Bonchev–Trinajstić information content (AvgIpc) is 3.08. The molecule has 0 saturated carbocycles. The number of ether oxygens (including phenoxy) is 3. The first-order valence-corrected chi connectivity index (χ1v) is 11.3. The summed E-state index contributed by atoms with van der Waals surface area (Å²) in [5.41, 5.74) is 0. The molecule has 3 aliphatic heterocycles. The minimum atomic E-state index is -3.68. The van der Waals surface area contributed by atoms with Crippen LogP contribution in [0.2, 0.25) is 0 Å². The molecule has 10 heteroatoms. The minimum Gasteiger partial charge on any atom is -0.486 e. The van der Waals surface area contributed by atoms with E-state index in [1.165, 1.54) is 12.1 Å². The largest absolute Gasteiger partial charge is 0.486 e. The Bertz CT molecular complexity index is 875. The second-order valence-corrected chi connectivity index (χ2v) is 9.63. The Morgan fingerprint density at radius 1 is 1.21 bits per heavy atom. The third kappa shape index (κ3) is 4.50. The fraction of sp³-hybridized carbons (Fsp3) is 0.632. The molecule has 0 aliphatic carbocycles. The van der Waals surface area contributed by atoms with Crippen LogP contribution >= 0.6 is 0 Å². The number of benzene rings is 1.